The summed E-state index contributed by atoms with van der Waals surface area (Å²) in [6.07, 6.45) is 0. The minimum absolute atomic E-state index is 0.203. The normalized spacial score (nSPS) is 12.2. The van der Waals surface area contributed by atoms with Crippen molar-refractivity contribution in [3.05, 3.63) is 62.6 Å². The predicted octanol–water partition coefficient (Wildman–Crippen LogP) is 5.27. The van der Waals surface area contributed by atoms with Crippen molar-refractivity contribution in [2.24, 2.45) is 0 Å². The van der Waals surface area contributed by atoms with Gasteiger partial charge in [-0.2, -0.15) is 0 Å². The first-order valence-electron chi connectivity index (χ1n) is 6.83. The van der Waals surface area contributed by atoms with Crippen molar-refractivity contribution in [2.45, 2.75) is 26.4 Å². The van der Waals surface area contributed by atoms with Crippen LogP contribution in [0.4, 0.5) is 0 Å². The van der Waals surface area contributed by atoms with E-state index in [1.807, 2.05) is 24.3 Å². The molecule has 0 saturated heterocycles. The lowest BCUT2D eigenvalue weighted by atomic mass is 10.0. The Morgan fingerprint density at radius 1 is 1.24 bits per heavy atom. The zero-order chi connectivity index (χ0) is 15.4. The maximum atomic E-state index is 6.01. The largest absolute Gasteiger partial charge is 0.496 e. The quantitative estimate of drug-likeness (QED) is 0.776. The molecular formula is C17H19BrClNO. The lowest BCUT2D eigenvalue weighted by Crippen LogP contribution is -2.18. The Balaban J connectivity index is 2.09. The zero-order valence-electron chi connectivity index (χ0n) is 12.4. The van der Waals surface area contributed by atoms with Crippen LogP contribution in [-0.2, 0) is 6.54 Å². The average molecular weight is 369 g/mol. The molecule has 0 radical (unpaired) electrons. The molecule has 1 N–H and O–H groups in total. The van der Waals surface area contributed by atoms with Crippen LogP contribution in [-0.4, -0.2) is 7.11 Å². The van der Waals surface area contributed by atoms with Crippen molar-refractivity contribution in [2.75, 3.05) is 7.11 Å². The van der Waals surface area contributed by atoms with Gasteiger partial charge in [-0.25, -0.2) is 0 Å². The number of benzene rings is 2. The highest BCUT2D eigenvalue weighted by Gasteiger charge is 2.11. The standard InChI is InChI=1S/C17H19BrClNO/c1-11-4-7-17(21-3)14(8-11)12(2)20-10-13-5-6-16(19)15(18)9-13/h4-9,12,20H,10H2,1-3H3. The van der Waals surface area contributed by atoms with Crippen molar-refractivity contribution < 1.29 is 4.74 Å². The van der Waals surface area contributed by atoms with Crippen LogP contribution in [0.1, 0.15) is 29.7 Å². The summed E-state index contributed by atoms with van der Waals surface area (Å²) in [5.41, 5.74) is 3.59. The fraction of sp³-hybridized carbons (Fsp3) is 0.294. The van der Waals surface area contributed by atoms with E-state index in [-0.39, 0.29) is 6.04 Å². The number of halogens is 2. The SMILES string of the molecule is COc1ccc(C)cc1C(C)NCc1ccc(Cl)c(Br)c1. The molecule has 0 amide bonds. The van der Waals surface area contributed by atoms with Gasteiger partial charge >= 0.3 is 0 Å². The molecule has 0 aromatic heterocycles. The molecule has 0 heterocycles. The van der Waals surface area contributed by atoms with Gasteiger partial charge in [-0.05, 0) is 53.5 Å². The fourth-order valence-corrected chi connectivity index (χ4v) is 2.77. The maximum Gasteiger partial charge on any atom is 0.123 e. The van der Waals surface area contributed by atoms with Crippen molar-refractivity contribution >= 4 is 27.5 Å². The van der Waals surface area contributed by atoms with Crippen molar-refractivity contribution in [3.63, 3.8) is 0 Å². The summed E-state index contributed by atoms with van der Waals surface area (Å²) in [5, 5.41) is 4.25. The van der Waals surface area contributed by atoms with Crippen molar-refractivity contribution in [1.29, 1.82) is 0 Å². The number of hydrogen-bond acceptors (Lipinski definition) is 2. The van der Waals surface area contributed by atoms with E-state index in [0.29, 0.717) is 0 Å². The van der Waals surface area contributed by atoms with Crippen molar-refractivity contribution in [1.82, 2.24) is 5.32 Å². The number of ether oxygens (including phenoxy) is 1. The molecule has 2 rings (SSSR count). The van der Waals surface area contributed by atoms with Crippen LogP contribution in [0.2, 0.25) is 5.02 Å². The molecule has 2 nitrogen and oxygen atoms in total. The van der Waals surface area contributed by atoms with Gasteiger partial charge in [0, 0.05) is 22.6 Å². The number of aryl methyl sites for hydroxylation is 1. The molecule has 2 aromatic carbocycles. The van der Waals surface area contributed by atoms with E-state index in [0.717, 1.165) is 21.8 Å². The number of hydrogen-bond donors (Lipinski definition) is 1. The molecule has 0 aliphatic heterocycles. The Hall–Kier alpha value is -1.03. The topological polar surface area (TPSA) is 21.3 Å². The van der Waals surface area contributed by atoms with Crippen LogP contribution in [0.3, 0.4) is 0 Å². The van der Waals surface area contributed by atoms with Gasteiger partial charge in [-0.1, -0.05) is 35.4 Å². The highest BCUT2D eigenvalue weighted by Crippen LogP contribution is 2.27. The van der Waals surface area contributed by atoms with E-state index in [1.165, 1.54) is 16.7 Å². The first kappa shape index (κ1) is 16.3. The predicted molar refractivity (Wildman–Crippen MR) is 92.1 cm³/mol. The monoisotopic (exact) mass is 367 g/mol. The van der Waals surface area contributed by atoms with Crippen LogP contribution in [0.25, 0.3) is 0 Å². The summed E-state index contributed by atoms with van der Waals surface area (Å²) < 4.78 is 6.36. The molecule has 0 aliphatic carbocycles. The van der Waals surface area contributed by atoms with Gasteiger partial charge in [0.1, 0.15) is 5.75 Å². The summed E-state index contributed by atoms with van der Waals surface area (Å²) in [7, 11) is 1.71. The van der Waals surface area contributed by atoms with Gasteiger partial charge < -0.3 is 10.1 Å². The number of nitrogens with one attached hydrogen (secondary N) is 1. The summed E-state index contributed by atoms with van der Waals surface area (Å²) >= 11 is 9.46. The summed E-state index contributed by atoms with van der Waals surface area (Å²) in [4.78, 5) is 0. The lowest BCUT2D eigenvalue weighted by Gasteiger charge is -2.18. The van der Waals surface area contributed by atoms with Crippen LogP contribution in [0, 0.1) is 6.92 Å². The second kappa shape index (κ2) is 7.30. The Kier molecular flexibility index (Phi) is 5.68. The van der Waals surface area contributed by atoms with Gasteiger partial charge in [0.05, 0.1) is 12.1 Å². The third-order valence-electron chi connectivity index (χ3n) is 3.45. The first-order chi connectivity index (χ1) is 10.0. The first-order valence-corrected chi connectivity index (χ1v) is 8.00. The van der Waals surface area contributed by atoms with Gasteiger partial charge in [0.25, 0.3) is 0 Å². The Bertz CT molecular complexity index is 630. The van der Waals surface area contributed by atoms with Gasteiger partial charge in [0.2, 0.25) is 0 Å². The zero-order valence-corrected chi connectivity index (χ0v) is 14.8. The average Bonchev–Trinajstić information content (AvgIpc) is 2.48. The fourth-order valence-electron chi connectivity index (χ4n) is 2.22. The van der Waals surface area contributed by atoms with Crippen LogP contribution < -0.4 is 10.1 Å². The molecule has 0 saturated carbocycles. The minimum Gasteiger partial charge on any atom is -0.496 e. The van der Waals surface area contributed by atoms with E-state index in [2.05, 4.69) is 47.2 Å². The molecule has 1 atom stereocenters. The van der Waals surface area contributed by atoms with E-state index in [1.54, 1.807) is 7.11 Å². The molecule has 4 heteroatoms. The molecule has 1 unspecified atom stereocenters. The van der Waals surface area contributed by atoms with E-state index >= 15 is 0 Å². The second-order valence-corrected chi connectivity index (χ2v) is 6.36. The molecule has 21 heavy (non-hydrogen) atoms. The van der Waals surface area contributed by atoms with Crippen LogP contribution in [0.5, 0.6) is 5.75 Å². The van der Waals surface area contributed by atoms with E-state index in [4.69, 9.17) is 16.3 Å². The molecule has 0 spiro atoms. The smallest absolute Gasteiger partial charge is 0.123 e. The van der Waals surface area contributed by atoms with Gasteiger partial charge in [0.15, 0.2) is 0 Å². The molecule has 0 fully saturated rings. The molecule has 0 aliphatic rings. The van der Waals surface area contributed by atoms with Gasteiger partial charge in [-0.3, -0.25) is 0 Å². The van der Waals surface area contributed by atoms with Crippen molar-refractivity contribution in [3.8, 4) is 5.75 Å². The van der Waals surface area contributed by atoms with Crippen LogP contribution in [0.15, 0.2) is 40.9 Å². The second-order valence-electron chi connectivity index (χ2n) is 5.10. The Morgan fingerprint density at radius 2 is 2.00 bits per heavy atom. The Labute approximate surface area is 139 Å². The van der Waals surface area contributed by atoms with E-state index in [9.17, 15) is 0 Å². The summed E-state index contributed by atoms with van der Waals surface area (Å²) in [6, 6.07) is 12.4. The lowest BCUT2D eigenvalue weighted by molar-refractivity contribution is 0.401. The molecular weight excluding hydrogens is 350 g/mol. The highest BCUT2D eigenvalue weighted by molar-refractivity contribution is 9.10. The summed E-state index contributed by atoms with van der Waals surface area (Å²) in [5.74, 6) is 0.915. The highest BCUT2D eigenvalue weighted by atomic mass is 79.9. The number of methoxy groups -OCH3 is 1. The van der Waals surface area contributed by atoms with Gasteiger partial charge in [-0.15, -0.1) is 0 Å². The van der Waals surface area contributed by atoms with E-state index < -0.39 is 0 Å². The maximum absolute atomic E-state index is 6.01. The number of rotatable bonds is 5. The minimum atomic E-state index is 0.203. The molecule has 2 aromatic rings. The molecule has 112 valence electrons. The third-order valence-corrected chi connectivity index (χ3v) is 4.66. The molecule has 0 bridgehead atoms. The Morgan fingerprint density at radius 3 is 2.67 bits per heavy atom. The third kappa shape index (κ3) is 4.22. The van der Waals surface area contributed by atoms with Crippen LogP contribution >= 0.6 is 27.5 Å². The summed E-state index contributed by atoms with van der Waals surface area (Å²) in [6.45, 7) is 5.00.